The van der Waals surface area contributed by atoms with Crippen LogP contribution in [0.4, 0.5) is 0 Å². The van der Waals surface area contributed by atoms with Crippen LogP contribution in [0.25, 0.3) is 11.3 Å². The molecular formula is C10H15N3. The van der Waals surface area contributed by atoms with Crippen LogP contribution in [-0.4, -0.2) is 14.8 Å². The summed E-state index contributed by atoms with van der Waals surface area (Å²) in [5.41, 5.74) is 3.36. The third kappa shape index (κ3) is 1.86. The fourth-order valence-corrected chi connectivity index (χ4v) is 1.14. The van der Waals surface area contributed by atoms with Gasteiger partial charge in [-0.3, -0.25) is 9.67 Å². The van der Waals surface area contributed by atoms with Crippen molar-refractivity contribution in [2.45, 2.75) is 20.8 Å². The van der Waals surface area contributed by atoms with E-state index in [1.165, 1.54) is 11.1 Å². The summed E-state index contributed by atoms with van der Waals surface area (Å²) in [6.07, 6.45) is 5.63. The van der Waals surface area contributed by atoms with E-state index >= 15 is 0 Å². The van der Waals surface area contributed by atoms with Gasteiger partial charge in [0.15, 0.2) is 0 Å². The lowest BCUT2D eigenvalue weighted by Gasteiger charge is -2.00. The molecule has 0 bridgehead atoms. The van der Waals surface area contributed by atoms with Gasteiger partial charge in [0.05, 0.1) is 11.9 Å². The lowest BCUT2D eigenvalue weighted by atomic mass is 10.2. The Balaban J connectivity index is 0.000000396. The van der Waals surface area contributed by atoms with Crippen molar-refractivity contribution >= 4 is 0 Å². The molecule has 2 heterocycles. The van der Waals surface area contributed by atoms with Gasteiger partial charge in [0.2, 0.25) is 0 Å². The molecule has 0 saturated heterocycles. The van der Waals surface area contributed by atoms with Crippen LogP contribution in [-0.2, 0) is 7.05 Å². The third-order valence-corrected chi connectivity index (χ3v) is 1.78. The van der Waals surface area contributed by atoms with Crippen LogP contribution in [0, 0.1) is 6.92 Å². The first kappa shape index (κ1) is 9.71. The first-order valence-corrected chi connectivity index (χ1v) is 4.51. The smallest absolute Gasteiger partial charge is 0.0921 e. The molecular weight excluding hydrogens is 162 g/mol. The monoisotopic (exact) mass is 177 g/mol. The SMILES string of the molecule is CC.Cc1cnc2cnn(C)cc1-2. The molecule has 3 heteroatoms. The second-order valence-corrected chi connectivity index (χ2v) is 2.69. The minimum absolute atomic E-state index is 0.973. The molecule has 0 fully saturated rings. The van der Waals surface area contributed by atoms with Crippen molar-refractivity contribution in [3.05, 3.63) is 24.2 Å². The van der Waals surface area contributed by atoms with Crippen molar-refractivity contribution in [1.29, 1.82) is 0 Å². The van der Waals surface area contributed by atoms with E-state index in [0.29, 0.717) is 0 Å². The van der Waals surface area contributed by atoms with Crippen LogP contribution in [0.2, 0.25) is 0 Å². The van der Waals surface area contributed by atoms with Crippen molar-refractivity contribution in [2.75, 3.05) is 0 Å². The van der Waals surface area contributed by atoms with E-state index in [-0.39, 0.29) is 0 Å². The molecule has 0 aromatic heterocycles. The van der Waals surface area contributed by atoms with E-state index < -0.39 is 0 Å². The number of aromatic nitrogens is 3. The first-order valence-electron chi connectivity index (χ1n) is 4.51. The zero-order valence-corrected chi connectivity index (χ0v) is 8.57. The molecule has 2 aliphatic heterocycles. The first-order chi connectivity index (χ1) is 6.27. The lowest BCUT2D eigenvalue weighted by molar-refractivity contribution is 0.738. The van der Waals surface area contributed by atoms with Crippen molar-refractivity contribution in [3.8, 4) is 11.3 Å². The van der Waals surface area contributed by atoms with Gasteiger partial charge >= 0.3 is 0 Å². The second-order valence-electron chi connectivity index (χ2n) is 2.69. The summed E-state index contributed by atoms with van der Waals surface area (Å²) < 4.78 is 1.79. The Bertz CT molecular complexity index is 351. The molecule has 0 aromatic carbocycles. The van der Waals surface area contributed by atoms with E-state index in [9.17, 15) is 0 Å². The molecule has 0 radical (unpaired) electrons. The Morgan fingerprint density at radius 1 is 1.23 bits per heavy atom. The maximum Gasteiger partial charge on any atom is 0.0921 e. The number of hydrogen-bond donors (Lipinski definition) is 0. The highest BCUT2D eigenvalue weighted by Gasteiger charge is 2.06. The van der Waals surface area contributed by atoms with Crippen LogP contribution in [0.1, 0.15) is 19.4 Å². The van der Waals surface area contributed by atoms with E-state index in [2.05, 4.69) is 17.0 Å². The molecule has 0 saturated carbocycles. The molecule has 0 atom stereocenters. The van der Waals surface area contributed by atoms with Gasteiger partial charge in [-0.1, -0.05) is 13.8 Å². The van der Waals surface area contributed by atoms with Gasteiger partial charge in [-0.2, -0.15) is 5.10 Å². The average molecular weight is 177 g/mol. The Morgan fingerprint density at radius 3 is 2.62 bits per heavy atom. The molecule has 2 aliphatic rings. The van der Waals surface area contributed by atoms with Crippen LogP contribution in [0.3, 0.4) is 0 Å². The molecule has 0 N–H and O–H groups in total. The Hall–Kier alpha value is -1.38. The van der Waals surface area contributed by atoms with Crippen molar-refractivity contribution < 1.29 is 0 Å². The summed E-state index contributed by atoms with van der Waals surface area (Å²) in [7, 11) is 1.91. The second kappa shape index (κ2) is 4.03. The van der Waals surface area contributed by atoms with Gasteiger partial charge in [-0.25, -0.2) is 0 Å². The number of rotatable bonds is 0. The molecule has 2 rings (SSSR count). The highest BCUT2D eigenvalue weighted by molar-refractivity contribution is 5.63. The van der Waals surface area contributed by atoms with Crippen molar-refractivity contribution in [3.63, 3.8) is 0 Å². The van der Waals surface area contributed by atoms with Gasteiger partial charge in [-0.05, 0) is 12.5 Å². The highest BCUT2D eigenvalue weighted by Crippen LogP contribution is 2.21. The number of aryl methyl sites for hydroxylation is 2. The summed E-state index contributed by atoms with van der Waals surface area (Å²) in [6, 6.07) is 0. The summed E-state index contributed by atoms with van der Waals surface area (Å²) in [6.45, 7) is 6.05. The van der Waals surface area contributed by atoms with Gasteiger partial charge in [-0.15, -0.1) is 0 Å². The Morgan fingerprint density at radius 2 is 1.92 bits per heavy atom. The highest BCUT2D eigenvalue weighted by atomic mass is 15.2. The standard InChI is InChI=1S/C8H9N3.C2H6/c1-6-3-9-8-4-10-11(2)5-7(6)8;1-2/h3-5H,1-2H3;1-2H3. The van der Waals surface area contributed by atoms with Crippen LogP contribution >= 0.6 is 0 Å². The summed E-state index contributed by atoms with van der Waals surface area (Å²) >= 11 is 0. The number of hydrogen-bond acceptors (Lipinski definition) is 2. The molecule has 0 aromatic rings. The number of fused-ring (bicyclic) bond motifs is 1. The predicted molar refractivity (Wildman–Crippen MR) is 53.7 cm³/mol. The topological polar surface area (TPSA) is 30.7 Å². The normalized spacial score (nSPS) is 9.54. The zero-order valence-electron chi connectivity index (χ0n) is 8.57. The fourth-order valence-electron chi connectivity index (χ4n) is 1.14. The van der Waals surface area contributed by atoms with Crippen LogP contribution in [0.15, 0.2) is 18.6 Å². The molecule has 0 unspecified atom stereocenters. The minimum atomic E-state index is 0.973. The minimum Gasteiger partial charge on any atom is -0.275 e. The number of nitrogens with zero attached hydrogens (tertiary/aromatic N) is 3. The maximum atomic E-state index is 4.18. The molecule has 0 amide bonds. The fraction of sp³-hybridized carbons (Fsp3) is 0.400. The van der Waals surface area contributed by atoms with Gasteiger partial charge in [0.25, 0.3) is 0 Å². The molecule has 3 nitrogen and oxygen atoms in total. The molecule has 70 valence electrons. The largest absolute Gasteiger partial charge is 0.275 e. The van der Waals surface area contributed by atoms with E-state index in [0.717, 1.165) is 5.69 Å². The van der Waals surface area contributed by atoms with E-state index in [1.807, 2.05) is 33.3 Å². The quantitative estimate of drug-likeness (QED) is 0.618. The summed E-state index contributed by atoms with van der Waals surface area (Å²) in [4.78, 5) is 4.18. The van der Waals surface area contributed by atoms with E-state index in [4.69, 9.17) is 0 Å². The average Bonchev–Trinajstić information content (AvgIpc) is 2.52. The van der Waals surface area contributed by atoms with Gasteiger partial charge < -0.3 is 0 Å². The summed E-state index contributed by atoms with van der Waals surface area (Å²) in [5.74, 6) is 0. The van der Waals surface area contributed by atoms with E-state index in [1.54, 1.807) is 10.9 Å². The lowest BCUT2D eigenvalue weighted by Crippen LogP contribution is -1.96. The Kier molecular flexibility index (Phi) is 3.01. The van der Waals surface area contributed by atoms with Gasteiger partial charge in [0.1, 0.15) is 0 Å². The third-order valence-electron chi connectivity index (χ3n) is 1.78. The molecule has 0 spiro atoms. The predicted octanol–water partition coefficient (Wildman–Crippen LogP) is 2.25. The summed E-state index contributed by atoms with van der Waals surface area (Å²) in [5, 5.41) is 4.07. The van der Waals surface area contributed by atoms with Gasteiger partial charge in [0, 0.05) is 25.0 Å². The molecule has 13 heavy (non-hydrogen) atoms. The zero-order chi connectivity index (χ0) is 9.84. The van der Waals surface area contributed by atoms with Crippen LogP contribution < -0.4 is 0 Å². The molecule has 0 aliphatic carbocycles. The van der Waals surface area contributed by atoms with Crippen molar-refractivity contribution in [1.82, 2.24) is 14.8 Å². The van der Waals surface area contributed by atoms with Crippen LogP contribution in [0.5, 0.6) is 0 Å². The Labute approximate surface area is 78.8 Å². The van der Waals surface area contributed by atoms with Crippen molar-refractivity contribution in [2.24, 2.45) is 7.05 Å². The maximum absolute atomic E-state index is 4.18.